The number of aryl methyl sites for hydroxylation is 2. The van der Waals surface area contributed by atoms with E-state index in [1.165, 1.54) is 22.3 Å². The maximum Gasteiger partial charge on any atom is 0.0942 e. The first kappa shape index (κ1) is 13.0. The molecular formula is C20H16N2. The molecule has 0 radical (unpaired) electrons. The van der Waals surface area contributed by atoms with Gasteiger partial charge in [0.15, 0.2) is 0 Å². The molecule has 0 aliphatic rings. The van der Waals surface area contributed by atoms with E-state index in [-0.39, 0.29) is 0 Å². The van der Waals surface area contributed by atoms with Crippen LogP contribution in [0.5, 0.6) is 0 Å². The van der Waals surface area contributed by atoms with Gasteiger partial charge in [0.05, 0.1) is 11.0 Å². The van der Waals surface area contributed by atoms with Crippen molar-refractivity contribution in [3.63, 3.8) is 0 Å². The number of rotatable bonds is 1. The summed E-state index contributed by atoms with van der Waals surface area (Å²) in [5, 5.41) is 11.0. The van der Waals surface area contributed by atoms with E-state index in [0.29, 0.717) is 0 Å². The molecule has 4 rings (SSSR count). The zero-order valence-corrected chi connectivity index (χ0v) is 12.7. The Hall–Kier alpha value is -2.74. The minimum Gasteiger partial charge on any atom is -0.150 e. The number of hydrogen-bond donors (Lipinski definition) is 0. The van der Waals surface area contributed by atoms with Crippen LogP contribution in [0.25, 0.3) is 32.9 Å². The van der Waals surface area contributed by atoms with E-state index in [4.69, 9.17) is 0 Å². The molecule has 2 heteroatoms. The van der Waals surface area contributed by atoms with Gasteiger partial charge in [-0.1, -0.05) is 54.1 Å². The third kappa shape index (κ3) is 2.04. The van der Waals surface area contributed by atoms with Crippen molar-refractivity contribution in [2.45, 2.75) is 13.8 Å². The number of fused-ring (bicyclic) bond motifs is 3. The average molecular weight is 284 g/mol. The van der Waals surface area contributed by atoms with Crippen molar-refractivity contribution in [1.82, 2.24) is 10.2 Å². The van der Waals surface area contributed by atoms with E-state index in [1.54, 1.807) is 0 Å². The van der Waals surface area contributed by atoms with Crippen molar-refractivity contribution >= 4 is 21.8 Å². The summed E-state index contributed by atoms with van der Waals surface area (Å²) in [7, 11) is 0. The molecule has 2 nitrogen and oxygen atoms in total. The van der Waals surface area contributed by atoms with Gasteiger partial charge in [0.1, 0.15) is 0 Å². The molecule has 0 amide bonds. The van der Waals surface area contributed by atoms with Crippen LogP contribution < -0.4 is 0 Å². The van der Waals surface area contributed by atoms with Crippen LogP contribution in [0.4, 0.5) is 0 Å². The monoisotopic (exact) mass is 284 g/mol. The largest absolute Gasteiger partial charge is 0.150 e. The lowest BCUT2D eigenvalue weighted by Gasteiger charge is -2.09. The Bertz CT molecular complexity index is 1000. The lowest BCUT2D eigenvalue weighted by molar-refractivity contribution is 1.12. The van der Waals surface area contributed by atoms with Gasteiger partial charge in [-0.05, 0) is 42.7 Å². The second-order valence-electron chi connectivity index (χ2n) is 5.77. The second kappa shape index (κ2) is 4.92. The van der Waals surface area contributed by atoms with Gasteiger partial charge in [-0.3, -0.25) is 0 Å². The van der Waals surface area contributed by atoms with Crippen LogP contribution in [0.3, 0.4) is 0 Å². The van der Waals surface area contributed by atoms with Gasteiger partial charge in [-0.15, -0.1) is 10.2 Å². The van der Waals surface area contributed by atoms with Crippen molar-refractivity contribution in [1.29, 1.82) is 0 Å². The van der Waals surface area contributed by atoms with Gasteiger partial charge >= 0.3 is 0 Å². The minimum absolute atomic E-state index is 0.939. The summed E-state index contributed by atoms with van der Waals surface area (Å²) >= 11 is 0. The van der Waals surface area contributed by atoms with Crippen LogP contribution in [0.15, 0.2) is 60.7 Å². The van der Waals surface area contributed by atoms with Crippen LogP contribution >= 0.6 is 0 Å². The van der Waals surface area contributed by atoms with Crippen molar-refractivity contribution < 1.29 is 0 Å². The fraction of sp³-hybridized carbons (Fsp3) is 0.100. The second-order valence-corrected chi connectivity index (χ2v) is 5.77. The lowest BCUT2D eigenvalue weighted by Crippen LogP contribution is -1.89. The number of aromatic nitrogens is 2. The average Bonchev–Trinajstić information content (AvgIpc) is 2.54. The van der Waals surface area contributed by atoms with Gasteiger partial charge in [0.25, 0.3) is 0 Å². The molecule has 0 spiro atoms. The SMILES string of the molecule is Cc1ccc(-c2ccc3c(c2)nnc2ccccc23)c(C)c1. The van der Waals surface area contributed by atoms with Crippen molar-refractivity contribution in [2.75, 3.05) is 0 Å². The molecule has 0 atom stereocenters. The summed E-state index contributed by atoms with van der Waals surface area (Å²) in [5.41, 5.74) is 6.89. The summed E-state index contributed by atoms with van der Waals surface area (Å²) in [4.78, 5) is 0. The van der Waals surface area contributed by atoms with E-state index in [1.807, 2.05) is 18.2 Å². The Morgan fingerprint density at radius 1 is 0.682 bits per heavy atom. The molecule has 1 heterocycles. The summed E-state index contributed by atoms with van der Waals surface area (Å²) in [6.45, 7) is 4.27. The molecule has 0 unspecified atom stereocenters. The molecule has 0 saturated heterocycles. The topological polar surface area (TPSA) is 25.8 Å². The summed E-state index contributed by atoms with van der Waals surface area (Å²) in [6, 6.07) is 21.1. The summed E-state index contributed by atoms with van der Waals surface area (Å²) < 4.78 is 0. The molecule has 0 fully saturated rings. The standard InChI is InChI=1S/C20H16N2/c1-13-7-9-16(14(2)11-13)15-8-10-18-17-5-3-4-6-19(17)21-22-20(18)12-15/h3-12H,1-2H3. The highest BCUT2D eigenvalue weighted by Gasteiger charge is 2.07. The highest BCUT2D eigenvalue weighted by Crippen LogP contribution is 2.29. The Kier molecular flexibility index (Phi) is 2.90. The zero-order valence-electron chi connectivity index (χ0n) is 12.7. The maximum atomic E-state index is 4.39. The predicted octanol–water partition coefficient (Wildman–Crippen LogP) is 5.07. The van der Waals surface area contributed by atoms with Crippen LogP contribution in [0.1, 0.15) is 11.1 Å². The third-order valence-electron chi connectivity index (χ3n) is 4.15. The first-order valence-corrected chi connectivity index (χ1v) is 7.45. The van der Waals surface area contributed by atoms with Crippen molar-refractivity contribution in [3.8, 4) is 11.1 Å². The number of nitrogens with zero attached hydrogens (tertiary/aromatic N) is 2. The van der Waals surface area contributed by atoms with Gasteiger partial charge in [-0.2, -0.15) is 0 Å². The normalized spacial score (nSPS) is 11.2. The van der Waals surface area contributed by atoms with Crippen molar-refractivity contribution in [2.24, 2.45) is 0 Å². The predicted molar refractivity (Wildman–Crippen MR) is 92.0 cm³/mol. The minimum atomic E-state index is 0.939. The Morgan fingerprint density at radius 2 is 1.45 bits per heavy atom. The molecule has 0 N–H and O–H groups in total. The van der Waals surface area contributed by atoms with Gasteiger partial charge in [0.2, 0.25) is 0 Å². The quantitative estimate of drug-likeness (QED) is 0.456. The Morgan fingerprint density at radius 3 is 2.32 bits per heavy atom. The summed E-state index contributed by atoms with van der Waals surface area (Å²) in [5.74, 6) is 0. The van der Waals surface area contributed by atoms with Crippen LogP contribution in [0.2, 0.25) is 0 Å². The van der Waals surface area contributed by atoms with E-state index in [0.717, 1.165) is 21.8 Å². The van der Waals surface area contributed by atoms with E-state index >= 15 is 0 Å². The fourth-order valence-electron chi connectivity index (χ4n) is 3.04. The molecule has 3 aromatic carbocycles. The molecular weight excluding hydrogens is 268 g/mol. The molecule has 0 bridgehead atoms. The number of benzene rings is 3. The summed E-state index contributed by atoms with van der Waals surface area (Å²) in [6.07, 6.45) is 0. The van der Waals surface area contributed by atoms with E-state index in [9.17, 15) is 0 Å². The van der Waals surface area contributed by atoms with Crippen molar-refractivity contribution in [3.05, 3.63) is 71.8 Å². The Labute approximate surface area is 129 Å². The Balaban J connectivity index is 1.96. The molecule has 0 saturated carbocycles. The van der Waals surface area contributed by atoms with Crippen LogP contribution in [-0.2, 0) is 0 Å². The molecule has 1 aromatic heterocycles. The first-order valence-electron chi connectivity index (χ1n) is 7.45. The lowest BCUT2D eigenvalue weighted by atomic mass is 9.97. The number of hydrogen-bond acceptors (Lipinski definition) is 2. The molecule has 0 aliphatic heterocycles. The van der Waals surface area contributed by atoms with E-state index in [2.05, 4.69) is 66.5 Å². The van der Waals surface area contributed by atoms with Gasteiger partial charge in [-0.25, -0.2) is 0 Å². The molecule has 4 aromatic rings. The van der Waals surface area contributed by atoms with Gasteiger partial charge in [0, 0.05) is 10.8 Å². The molecule has 22 heavy (non-hydrogen) atoms. The maximum absolute atomic E-state index is 4.39. The fourth-order valence-corrected chi connectivity index (χ4v) is 3.04. The first-order chi connectivity index (χ1) is 10.7. The van der Waals surface area contributed by atoms with Gasteiger partial charge < -0.3 is 0 Å². The molecule has 106 valence electrons. The van der Waals surface area contributed by atoms with Crippen LogP contribution in [-0.4, -0.2) is 10.2 Å². The third-order valence-corrected chi connectivity index (χ3v) is 4.15. The van der Waals surface area contributed by atoms with E-state index < -0.39 is 0 Å². The highest BCUT2D eigenvalue weighted by molar-refractivity contribution is 6.04. The smallest absolute Gasteiger partial charge is 0.0942 e. The molecule has 0 aliphatic carbocycles. The highest BCUT2D eigenvalue weighted by atomic mass is 15.1. The van der Waals surface area contributed by atoms with Crippen LogP contribution in [0, 0.1) is 13.8 Å². The zero-order chi connectivity index (χ0) is 15.1.